The minimum atomic E-state index is -0.0713. The molecule has 1 amide bonds. The van der Waals surface area contributed by atoms with Crippen LogP contribution >= 0.6 is 11.8 Å². The molecule has 1 fully saturated rings. The Morgan fingerprint density at radius 3 is 2.64 bits per heavy atom. The third-order valence-electron chi connectivity index (χ3n) is 4.09. The van der Waals surface area contributed by atoms with E-state index in [2.05, 4.69) is 0 Å². The lowest BCUT2D eigenvalue weighted by molar-refractivity contribution is -0.126. The predicted octanol–water partition coefficient (Wildman–Crippen LogP) is 3.99. The number of ether oxygens (including phenoxy) is 2. The zero-order valence-corrected chi connectivity index (χ0v) is 15.2. The monoisotopic (exact) mass is 355 g/mol. The summed E-state index contributed by atoms with van der Waals surface area (Å²) in [5, 5.41) is -0.0713. The standard InChI is InChI=1S/C20H21NO3S/c1-23-17-10-6-9-16(19(17)24-2)20-21(13-14-25-20)18(22)12-11-15-7-4-3-5-8-15/h3-12,20H,13-14H2,1-2H3. The summed E-state index contributed by atoms with van der Waals surface area (Å²) in [4.78, 5) is 14.6. The number of benzene rings is 2. The molecule has 3 rings (SSSR count). The molecule has 0 aromatic heterocycles. The van der Waals surface area contributed by atoms with E-state index in [1.807, 2.05) is 59.5 Å². The highest BCUT2D eigenvalue weighted by molar-refractivity contribution is 7.99. The van der Waals surface area contributed by atoms with E-state index in [1.165, 1.54) is 0 Å². The van der Waals surface area contributed by atoms with Crippen LogP contribution in [0.5, 0.6) is 11.5 Å². The van der Waals surface area contributed by atoms with Gasteiger partial charge in [-0.2, -0.15) is 0 Å². The molecular formula is C20H21NO3S. The van der Waals surface area contributed by atoms with E-state index in [0.717, 1.165) is 16.9 Å². The van der Waals surface area contributed by atoms with Gasteiger partial charge in [0.1, 0.15) is 5.37 Å². The van der Waals surface area contributed by atoms with Crippen LogP contribution in [0.4, 0.5) is 0 Å². The van der Waals surface area contributed by atoms with Gasteiger partial charge in [0.15, 0.2) is 11.5 Å². The normalized spacial score (nSPS) is 17.0. The van der Waals surface area contributed by atoms with Gasteiger partial charge in [-0.1, -0.05) is 42.5 Å². The first kappa shape index (κ1) is 17.4. The molecule has 0 radical (unpaired) electrons. The van der Waals surface area contributed by atoms with Crippen molar-refractivity contribution < 1.29 is 14.3 Å². The Bertz CT molecular complexity index is 761. The highest BCUT2D eigenvalue weighted by Crippen LogP contribution is 2.45. The first-order chi connectivity index (χ1) is 12.2. The van der Waals surface area contributed by atoms with Crippen LogP contribution in [0.2, 0.25) is 0 Å². The van der Waals surface area contributed by atoms with Gasteiger partial charge in [0.25, 0.3) is 0 Å². The third-order valence-corrected chi connectivity index (χ3v) is 5.33. The number of rotatable bonds is 5. The third kappa shape index (κ3) is 3.82. The Balaban J connectivity index is 1.83. The molecule has 0 saturated carbocycles. The Labute approximate surface area is 152 Å². The Kier molecular flexibility index (Phi) is 5.66. The first-order valence-corrected chi connectivity index (χ1v) is 9.15. The van der Waals surface area contributed by atoms with Gasteiger partial charge in [0.05, 0.1) is 14.2 Å². The summed E-state index contributed by atoms with van der Waals surface area (Å²) in [7, 11) is 3.25. The number of para-hydroxylation sites is 1. The summed E-state index contributed by atoms with van der Waals surface area (Å²) in [6.07, 6.45) is 3.49. The van der Waals surface area contributed by atoms with Gasteiger partial charge in [0, 0.05) is 23.9 Å². The molecule has 1 aliphatic rings. The summed E-state index contributed by atoms with van der Waals surface area (Å²) in [6, 6.07) is 15.6. The van der Waals surface area contributed by atoms with Crippen molar-refractivity contribution >= 4 is 23.7 Å². The van der Waals surface area contributed by atoms with Gasteiger partial charge < -0.3 is 14.4 Å². The molecule has 0 aliphatic carbocycles. The van der Waals surface area contributed by atoms with Crippen LogP contribution in [0.15, 0.2) is 54.6 Å². The molecule has 1 saturated heterocycles. The van der Waals surface area contributed by atoms with Crippen molar-refractivity contribution in [2.24, 2.45) is 0 Å². The lowest BCUT2D eigenvalue weighted by atomic mass is 10.1. The molecule has 5 heteroatoms. The van der Waals surface area contributed by atoms with E-state index in [9.17, 15) is 4.79 Å². The topological polar surface area (TPSA) is 38.8 Å². The van der Waals surface area contributed by atoms with E-state index >= 15 is 0 Å². The van der Waals surface area contributed by atoms with Gasteiger partial charge in [-0.25, -0.2) is 0 Å². The zero-order valence-electron chi connectivity index (χ0n) is 14.3. The van der Waals surface area contributed by atoms with E-state index in [0.29, 0.717) is 18.0 Å². The van der Waals surface area contributed by atoms with E-state index in [4.69, 9.17) is 9.47 Å². The van der Waals surface area contributed by atoms with Gasteiger partial charge in [-0.3, -0.25) is 4.79 Å². The van der Waals surface area contributed by atoms with Crippen LogP contribution in [-0.2, 0) is 4.79 Å². The summed E-state index contributed by atoms with van der Waals surface area (Å²) in [5.74, 6) is 2.27. The average Bonchev–Trinajstić information content (AvgIpc) is 3.15. The summed E-state index contributed by atoms with van der Waals surface area (Å²) < 4.78 is 10.9. The Hall–Kier alpha value is -2.40. The van der Waals surface area contributed by atoms with Crippen molar-refractivity contribution in [3.05, 3.63) is 65.7 Å². The zero-order chi connectivity index (χ0) is 17.6. The molecule has 0 N–H and O–H groups in total. The smallest absolute Gasteiger partial charge is 0.247 e. The summed E-state index contributed by atoms with van der Waals surface area (Å²) >= 11 is 1.74. The molecule has 0 spiro atoms. The maximum absolute atomic E-state index is 12.7. The number of thioether (sulfide) groups is 1. The van der Waals surface area contributed by atoms with Crippen LogP contribution in [-0.4, -0.2) is 37.3 Å². The quantitative estimate of drug-likeness (QED) is 0.760. The van der Waals surface area contributed by atoms with Gasteiger partial charge in [0.2, 0.25) is 5.91 Å². The van der Waals surface area contributed by atoms with Crippen LogP contribution < -0.4 is 9.47 Å². The second-order valence-corrected chi connectivity index (χ2v) is 6.77. The van der Waals surface area contributed by atoms with Crippen molar-refractivity contribution in [3.63, 3.8) is 0 Å². The number of methoxy groups -OCH3 is 2. The number of hydrogen-bond donors (Lipinski definition) is 0. The number of hydrogen-bond acceptors (Lipinski definition) is 4. The van der Waals surface area contributed by atoms with E-state index in [-0.39, 0.29) is 11.3 Å². The van der Waals surface area contributed by atoms with Gasteiger partial charge >= 0.3 is 0 Å². The fourth-order valence-corrected chi connectivity index (χ4v) is 4.17. The lowest BCUT2D eigenvalue weighted by Gasteiger charge is -2.25. The van der Waals surface area contributed by atoms with Crippen molar-refractivity contribution in [2.75, 3.05) is 26.5 Å². The maximum atomic E-state index is 12.7. The fourth-order valence-electron chi connectivity index (χ4n) is 2.89. The highest BCUT2D eigenvalue weighted by atomic mass is 32.2. The summed E-state index contributed by atoms with van der Waals surface area (Å²) in [5.41, 5.74) is 1.98. The molecular weight excluding hydrogens is 334 g/mol. The van der Waals surface area contributed by atoms with E-state index < -0.39 is 0 Å². The lowest BCUT2D eigenvalue weighted by Crippen LogP contribution is -2.29. The van der Waals surface area contributed by atoms with Crippen molar-refractivity contribution in [2.45, 2.75) is 5.37 Å². The molecule has 1 aliphatic heterocycles. The largest absolute Gasteiger partial charge is 0.493 e. The van der Waals surface area contributed by atoms with Crippen LogP contribution in [0.3, 0.4) is 0 Å². The van der Waals surface area contributed by atoms with Crippen molar-refractivity contribution in [1.82, 2.24) is 4.90 Å². The minimum absolute atomic E-state index is 0.00345. The molecule has 25 heavy (non-hydrogen) atoms. The molecule has 2 aromatic rings. The van der Waals surface area contributed by atoms with E-state index in [1.54, 1.807) is 32.1 Å². The summed E-state index contributed by atoms with van der Waals surface area (Å²) in [6.45, 7) is 0.716. The fraction of sp³-hybridized carbons (Fsp3) is 0.250. The molecule has 2 aromatic carbocycles. The first-order valence-electron chi connectivity index (χ1n) is 8.11. The molecule has 130 valence electrons. The van der Waals surface area contributed by atoms with Crippen LogP contribution in [0.1, 0.15) is 16.5 Å². The van der Waals surface area contributed by atoms with Crippen molar-refractivity contribution in [3.8, 4) is 11.5 Å². The SMILES string of the molecule is COc1cccc(C2SCCN2C(=O)C=Cc2ccccc2)c1OC. The second kappa shape index (κ2) is 8.12. The Morgan fingerprint density at radius 1 is 1.12 bits per heavy atom. The minimum Gasteiger partial charge on any atom is -0.493 e. The highest BCUT2D eigenvalue weighted by Gasteiger charge is 2.32. The number of amides is 1. The molecule has 4 nitrogen and oxygen atoms in total. The molecule has 1 heterocycles. The molecule has 0 bridgehead atoms. The maximum Gasteiger partial charge on any atom is 0.247 e. The van der Waals surface area contributed by atoms with Crippen LogP contribution in [0, 0.1) is 0 Å². The molecule has 1 atom stereocenters. The van der Waals surface area contributed by atoms with Crippen molar-refractivity contribution in [1.29, 1.82) is 0 Å². The Morgan fingerprint density at radius 2 is 1.92 bits per heavy atom. The molecule has 1 unspecified atom stereocenters. The van der Waals surface area contributed by atoms with Crippen LogP contribution in [0.25, 0.3) is 6.08 Å². The van der Waals surface area contributed by atoms with Gasteiger partial charge in [-0.05, 0) is 17.7 Å². The average molecular weight is 355 g/mol. The second-order valence-electron chi connectivity index (χ2n) is 5.58. The number of carbonyl (C=O) groups excluding carboxylic acids is 1. The predicted molar refractivity (Wildman–Crippen MR) is 102 cm³/mol. The van der Waals surface area contributed by atoms with Gasteiger partial charge in [-0.15, -0.1) is 11.8 Å². The number of carbonyl (C=O) groups is 1. The number of nitrogens with zero attached hydrogens (tertiary/aromatic N) is 1.